The standard InChI is InChI=1S/C14H23N3O2/c1-10(2)13(9-18)16-8-12(14(15)17-19)11-6-4-3-5-7-11/h3-7,10,12-13,16,18-19H,8-9H2,1-2H3,(H2,15,17)/t12?,13-/m1/s1. The van der Waals surface area contributed by atoms with Crippen molar-refractivity contribution in [3.63, 3.8) is 0 Å². The first-order chi connectivity index (χ1) is 9.10. The van der Waals surface area contributed by atoms with Crippen molar-refractivity contribution in [3.05, 3.63) is 35.9 Å². The minimum atomic E-state index is -0.209. The molecule has 0 aliphatic heterocycles. The van der Waals surface area contributed by atoms with Gasteiger partial charge < -0.3 is 21.4 Å². The highest BCUT2D eigenvalue weighted by Gasteiger charge is 2.19. The summed E-state index contributed by atoms with van der Waals surface area (Å²) in [6, 6.07) is 9.63. The number of hydrogen-bond donors (Lipinski definition) is 4. The number of nitrogens with one attached hydrogen (secondary N) is 1. The Hall–Kier alpha value is -1.59. The van der Waals surface area contributed by atoms with Crippen LogP contribution >= 0.6 is 0 Å². The number of amidine groups is 1. The highest BCUT2D eigenvalue weighted by molar-refractivity contribution is 5.87. The lowest BCUT2D eigenvalue weighted by Gasteiger charge is -2.24. The Labute approximate surface area is 114 Å². The van der Waals surface area contributed by atoms with Gasteiger partial charge in [-0.2, -0.15) is 0 Å². The molecule has 2 atom stereocenters. The number of rotatable bonds is 7. The summed E-state index contributed by atoms with van der Waals surface area (Å²) in [5, 5.41) is 24.6. The number of aliphatic hydroxyl groups excluding tert-OH is 1. The number of benzene rings is 1. The molecule has 5 N–H and O–H groups in total. The third-order valence-electron chi connectivity index (χ3n) is 3.26. The molecule has 19 heavy (non-hydrogen) atoms. The first kappa shape index (κ1) is 15.5. The number of nitrogens with zero attached hydrogens (tertiary/aromatic N) is 1. The third-order valence-corrected chi connectivity index (χ3v) is 3.26. The van der Waals surface area contributed by atoms with Gasteiger partial charge in [-0.25, -0.2) is 0 Å². The molecule has 1 rings (SSSR count). The molecule has 0 aliphatic carbocycles. The van der Waals surface area contributed by atoms with Crippen molar-refractivity contribution in [2.45, 2.75) is 25.8 Å². The maximum atomic E-state index is 9.30. The predicted molar refractivity (Wildman–Crippen MR) is 76.3 cm³/mol. The normalized spacial score (nSPS) is 15.5. The zero-order valence-corrected chi connectivity index (χ0v) is 11.5. The van der Waals surface area contributed by atoms with Gasteiger partial charge in [-0.15, -0.1) is 0 Å². The average Bonchev–Trinajstić information content (AvgIpc) is 2.43. The molecule has 0 saturated carbocycles. The number of hydrogen-bond acceptors (Lipinski definition) is 4. The van der Waals surface area contributed by atoms with Gasteiger partial charge in [0.15, 0.2) is 0 Å². The van der Waals surface area contributed by atoms with Gasteiger partial charge in [-0.05, 0) is 11.5 Å². The van der Waals surface area contributed by atoms with E-state index in [4.69, 9.17) is 10.9 Å². The predicted octanol–water partition coefficient (Wildman–Crippen LogP) is 1.12. The molecule has 0 fully saturated rings. The largest absolute Gasteiger partial charge is 0.409 e. The van der Waals surface area contributed by atoms with Crippen LogP contribution in [0, 0.1) is 5.92 Å². The molecular formula is C14H23N3O2. The van der Waals surface area contributed by atoms with E-state index < -0.39 is 0 Å². The molecule has 5 nitrogen and oxygen atoms in total. The van der Waals surface area contributed by atoms with Crippen LogP contribution in [0.15, 0.2) is 35.5 Å². The number of oxime groups is 1. The van der Waals surface area contributed by atoms with E-state index in [0.29, 0.717) is 12.5 Å². The molecular weight excluding hydrogens is 242 g/mol. The zero-order chi connectivity index (χ0) is 14.3. The maximum Gasteiger partial charge on any atom is 0.147 e. The topological polar surface area (TPSA) is 90.9 Å². The van der Waals surface area contributed by atoms with Gasteiger partial charge in [0.05, 0.1) is 12.5 Å². The summed E-state index contributed by atoms with van der Waals surface area (Å²) in [5.41, 5.74) is 6.73. The van der Waals surface area contributed by atoms with Gasteiger partial charge in [0, 0.05) is 12.6 Å². The smallest absolute Gasteiger partial charge is 0.147 e. The molecule has 1 unspecified atom stereocenters. The monoisotopic (exact) mass is 265 g/mol. The first-order valence-electron chi connectivity index (χ1n) is 6.46. The molecule has 0 aliphatic rings. The Bertz CT molecular complexity index is 393. The fourth-order valence-electron chi connectivity index (χ4n) is 1.93. The summed E-state index contributed by atoms with van der Waals surface area (Å²) in [4.78, 5) is 0. The fraction of sp³-hybridized carbons (Fsp3) is 0.500. The van der Waals surface area contributed by atoms with E-state index in [1.54, 1.807) is 0 Å². The Morgan fingerprint density at radius 2 is 1.95 bits per heavy atom. The van der Waals surface area contributed by atoms with Crippen molar-refractivity contribution in [1.82, 2.24) is 5.32 Å². The highest BCUT2D eigenvalue weighted by Crippen LogP contribution is 2.15. The van der Waals surface area contributed by atoms with E-state index in [0.717, 1.165) is 5.56 Å². The molecule has 0 saturated heterocycles. The quantitative estimate of drug-likeness (QED) is 0.257. The van der Waals surface area contributed by atoms with Crippen LogP contribution in [-0.4, -0.2) is 35.3 Å². The summed E-state index contributed by atoms with van der Waals surface area (Å²) in [6.45, 7) is 4.66. The molecule has 1 aromatic rings. The van der Waals surface area contributed by atoms with E-state index in [1.807, 2.05) is 44.2 Å². The lowest BCUT2D eigenvalue weighted by Crippen LogP contribution is -2.41. The molecule has 106 valence electrons. The van der Waals surface area contributed by atoms with Gasteiger partial charge in [0.25, 0.3) is 0 Å². The van der Waals surface area contributed by atoms with E-state index in [1.165, 1.54) is 0 Å². The Morgan fingerprint density at radius 1 is 1.32 bits per heavy atom. The number of nitrogens with two attached hydrogens (primary N) is 1. The van der Waals surface area contributed by atoms with Crippen molar-refractivity contribution in [1.29, 1.82) is 0 Å². The number of aliphatic hydroxyl groups is 1. The van der Waals surface area contributed by atoms with Crippen molar-refractivity contribution in [3.8, 4) is 0 Å². The van der Waals surface area contributed by atoms with E-state index in [-0.39, 0.29) is 24.4 Å². The summed E-state index contributed by atoms with van der Waals surface area (Å²) in [5.74, 6) is 0.270. The van der Waals surface area contributed by atoms with Crippen molar-refractivity contribution >= 4 is 5.84 Å². The van der Waals surface area contributed by atoms with Crippen molar-refractivity contribution in [2.75, 3.05) is 13.2 Å². The summed E-state index contributed by atoms with van der Waals surface area (Å²) in [7, 11) is 0. The second-order valence-corrected chi connectivity index (χ2v) is 4.93. The SMILES string of the molecule is CC(C)[C@@H](CO)NCC(C(N)=NO)c1ccccc1. The molecule has 0 spiro atoms. The molecule has 0 amide bonds. The first-order valence-corrected chi connectivity index (χ1v) is 6.46. The lowest BCUT2D eigenvalue weighted by molar-refractivity contribution is 0.211. The fourth-order valence-corrected chi connectivity index (χ4v) is 1.93. The van der Waals surface area contributed by atoms with Crippen LogP contribution in [0.2, 0.25) is 0 Å². The third kappa shape index (κ3) is 4.54. The van der Waals surface area contributed by atoms with Gasteiger partial charge >= 0.3 is 0 Å². The summed E-state index contributed by atoms with van der Waals surface area (Å²) < 4.78 is 0. The Balaban J connectivity index is 2.77. The lowest BCUT2D eigenvalue weighted by atomic mass is 9.96. The van der Waals surface area contributed by atoms with E-state index >= 15 is 0 Å². The zero-order valence-electron chi connectivity index (χ0n) is 11.5. The van der Waals surface area contributed by atoms with E-state index in [2.05, 4.69) is 10.5 Å². The van der Waals surface area contributed by atoms with Gasteiger partial charge in [-0.1, -0.05) is 49.3 Å². The van der Waals surface area contributed by atoms with Crippen LogP contribution in [0.1, 0.15) is 25.3 Å². The highest BCUT2D eigenvalue weighted by atomic mass is 16.4. The van der Waals surface area contributed by atoms with Crippen molar-refractivity contribution in [2.24, 2.45) is 16.8 Å². The van der Waals surface area contributed by atoms with Crippen LogP contribution < -0.4 is 11.1 Å². The summed E-state index contributed by atoms with van der Waals surface area (Å²) in [6.07, 6.45) is 0. The van der Waals surface area contributed by atoms with Gasteiger partial charge in [-0.3, -0.25) is 0 Å². The average molecular weight is 265 g/mol. The van der Waals surface area contributed by atoms with Crippen LogP contribution in [0.3, 0.4) is 0 Å². The van der Waals surface area contributed by atoms with Crippen LogP contribution in [0.4, 0.5) is 0 Å². The van der Waals surface area contributed by atoms with Crippen LogP contribution in [0.5, 0.6) is 0 Å². The van der Waals surface area contributed by atoms with Crippen LogP contribution in [-0.2, 0) is 0 Å². The molecule has 0 heterocycles. The van der Waals surface area contributed by atoms with Crippen LogP contribution in [0.25, 0.3) is 0 Å². The maximum absolute atomic E-state index is 9.30. The second kappa shape index (κ2) is 7.76. The Morgan fingerprint density at radius 3 is 2.42 bits per heavy atom. The van der Waals surface area contributed by atoms with Gasteiger partial charge in [0.1, 0.15) is 5.84 Å². The molecule has 5 heteroatoms. The molecule has 1 aromatic carbocycles. The van der Waals surface area contributed by atoms with Gasteiger partial charge in [0.2, 0.25) is 0 Å². The van der Waals surface area contributed by atoms with E-state index in [9.17, 15) is 5.11 Å². The molecule has 0 radical (unpaired) electrons. The van der Waals surface area contributed by atoms with Crippen molar-refractivity contribution < 1.29 is 10.3 Å². The minimum absolute atomic E-state index is 0.00212. The summed E-state index contributed by atoms with van der Waals surface area (Å²) >= 11 is 0. The minimum Gasteiger partial charge on any atom is -0.409 e. The molecule has 0 aromatic heterocycles. The second-order valence-electron chi connectivity index (χ2n) is 4.93. The molecule has 0 bridgehead atoms. The Kier molecular flexibility index (Phi) is 6.32.